The van der Waals surface area contributed by atoms with Gasteiger partial charge in [0.15, 0.2) is 0 Å². The summed E-state index contributed by atoms with van der Waals surface area (Å²) in [7, 11) is 9.53. The first-order valence-electron chi connectivity index (χ1n) is 0.919. The minimum absolute atomic E-state index is 0.194. The molecule has 6 heteroatoms. The van der Waals surface area contributed by atoms with E-state index in [0.29, 0.717) is 0 Å². The Labute approximate surface area is 54.8 Å². The molecule has 0 spiro atoms. The number of carbonyl (C=O) groups is 1. The molecule has 0 rings (SSSR count). The van der Waals surface area contributed by atoms with E-state index in [1.807, 2.05) is 0 Å². The summed E-state index contributed by atoms with van der Waals surface area (Å²) in [5.41, 5.74) is 0. The quantitative estimate of drug-likeness (QED) is 0.568. The summed E-state index contributed by atoms with van der Waals surface area (Å²) in [5, 5.41) is 13.9. The van der Waals surface area contributed by atoms with Crippen molar-refractivity contribution in [1.29, 1.82) is 0 Å². The van der Waals surface area contributed by atoms with Gasteiger partial charge in [0.1, 0.15) is 0 Å². The predicted molar refractivity (Wildman–Crippen MR) is 22.4 cm³/mol. The number of hydrogen-bond acceptors (Lipinski definition) is 1. The normalized spacial score (nSPS) is 6.57. The Kier molecular flexibility index (Phi) is 14.2. The SMILES string of the molecule is O=C(O)O.[Cl][Fe][Cl]. The van der Waals surface area contributed by atoms with Crippen molar-refractivity contribution in [1.82, 2.24) is 0 Å². The minimum atomic E-state index is -1.83. The molecule has 0 unspecified atom stereocenters. The van der Waals surface area contributed by atoms with Crippen LogP contribution in [0.25, 0.3) is 0 Å². The second-order valence-electron chi connectivity index (χ2n) is 0.333. The van der Waals surface area contributed by atoms with Gasteiger partial charge >= 0.3 is 39.5 Å². The Morgan fingerprint density at radius 3 is 1.43 bits per heavy atom. The fourth-order valence-corrected chi connectivity index (χ4v) is 0. The van der Waals surface area contributed by atoms with Gasteiger partial charge in [0, 0.05) is 0 Å². The molecular formula is CH2Cl2FeO3. The molecule has 0 saturated heterocycles. The fraction of sp³-hybridized carbons (Fsp3) is 0. The van der Waals surface area contributed by atoms with E-state index in [1.54, 1.807) is 0 Å². The van der Waals surface area contributed by atoms with Crippen molar-refractivity contribution in [2.24, 2.45) is 0 Å². The second-order valence-corrected chi connectivity index (χ2v) is 2.16. The summed E-state index contributed by atoms with van der Waals surface area (Å²) in [4.78, 5) is 8.56. The van der Waals surface area contributed by atoms with Gasteiger partial charge in [-0.15, -0.1) is 0 Å². The van der Waals surface area contributed by atoms with E-state index in [2.05, 4.69) is 0 Å². The molecule has 0 amide bonds. The van der Waals surface area contributed by atoms with Crippen LogP contribution in [0.5, 0.6) is 0 Å². The first-order chi connectivity index (χ1) is 3.15. The molecule has 0 aromatic heterocycles. The summed E-state index contributed by atoms with van der Waals surface area (Å²) >= 11 is 0.194. The predicted octanol–water partition coefficient (Wildman–Crippen LogP) is 1.60. The molecule has 0 saturated carbocycles. The van der Waals surface area contributed by atoms with Crippen molar-refractivity contribution < 1.29 is 28.1 Å². The number of halogens is 2. The molecule has 0 bridgehead atoms. The van der Waals surface area contributed by atoms with Crippen LogP contribution in [0, 0.1) is 0 Å². The molecule has 0 aromatic rings. The van der Waals surface area contributed by atoms with E-state index in [-0.39, 0.29) is 13.1 Å². The molecular weight excluding hydrogens is 187 g/mol. The Bertz CT molecular complexity index is 44.2. The van der Waals surface area contributed by atoms with Crippen molar-refractivity contribution in [3.05, 3.63) is 0 Å². The van der Waals surface area contributed by atoms with Crippen LogP contribution in [-0.2, 0) is 13.1 Å². The molecule has 0 atom stereocenters. The van der Waals surface area contributed by atoms with Gasteiger partial charge in [-0.2, -0.15) is 0 Å². The van der Waals surface area contributed by atoms with Gasteiger partial charge in [-0.25, -0.2) is 4.79 Å². The van der Waals surface area contributed by atoms with Crippen molar-refractivity contribution in [3.63, 3.8) is 0 Å². The molecule has 0 fully saturated rings. The second kappa shape index (κ2) is 9.62. The van der Waals surface area contributed by atoms with Crippen LogP contribution in [0.1, 0.15) is 0 Å². The molecule has 7 heavy (non-hydrogen) atoms. The number of rotatable bonds is 0. The third-order valence-electron chi connectivity index (χ3n) is 0. The Morgan fingerprint density at radius 2 is 1.43 bits per heavy atom. The van der Waals surface area contributed by atoms with Gasteiger partial charge < -0.3 is 10.2 Å². The first-order valence-corrected chi connectivity index (χ1v) is 3.96. The standard InChI is InChI=1S/CH2O3.2ClH.Fe/c2-1(3)4;;;/h(H2,2,3,4);2*1H;/q;;;+2/p-2. The molecule has 3 nitrogen and oxygen atoms in total. The van der Waals surface area contributed by atoms with Gasteiger partial charge in [-0.3, -0.25) is 0 Å². The van der Waals surface area contributed by atoms with Crippen molar-refractivity contribution >= 4 is 26.4 Å². The van der Waals surface area contributed by atoms with E-state index < -0.39 is 6.16 Å². The van der Waals surface area contributed by atoms with Gasteiger partial charge in [0.25, 0.3) is 0 Å². The summed E-state index contributed by atoms with van der Waals surface area (Å²) in [6.07, 6.45) is -1.83. The van der Waals surface area contributed by atoms with Gasteiger partial charge in [-0.1, -0.05) is 0 Å². The van der Waals surface area contributed by atoms with Crippen molar-refractivity contribution in [2.75, 3.05) is 0 Å². The zero-order valence-electron chi connectivity index (χ0n) is 2.91. The third-order valence-corrected chi connectivity index (χ3v) is 0. The van der Waals surface area contributed by atoms with Crippen LogP contribution in [0.15, 0.2) is 0 Å². The van der Waals surface area contributed by atoms with Crippen LogP contribution in [0.2, 0.25) is 0 Å². The Hall–Kier alpha value is 0.369. The van der Waals surface area contributed by atoms with Crippen molar-refractivity contribution in [2.45, 2.75) is 0 Å². The van der Waals surface area contributed by atoms with Gasteiger partial charge in [0.05, 0.1) is 0 Å². The van der Waals surface area contributed by atoms with E-state index in [9.17, 15) is 0 Å². The summed E-state index contributed by atoms with van der Waals surface area (Å²) in [5.74, 6) is 0. The molecule has 0 radical (unpaired) electrons. The molecule has 0 heterocycles. The van der Waals surface area contributed by atoms with Crippen LogP contribution in [0.3, 0.4) is 0 Å². The number of carboxylic acid groups (broad SMARTS) is 2. The van der Waals surface area contributed by atoms with Crippen LogP contribution >= 0.6 is 20.2 Å². The van der Waals surface area contributed by atoms with E-state index in [4.69, 9.17) is 35.2 Å². The molecule has 0 aliphatic carbocycles. The molecule has 46 valence electrons. The summed E-state index contributed by atoms with van der Waals surface area (Å²) < 4.78 is 0. The molecule has 0 aliphatic rings. The molecule has 2 N–H and O–H groups in total. The topological polar surface area (TPSA) is 57.5 Å². The average Bonchev–Trinajstić information content (AvgIpc) is 1.33. The monoisotopic (exact) mass is 188 g/mol. The van der Waals surface area contributed by atoms with Gasteiger partial charge in [-0.05, 0) is 0 Å². The zero-order valence-corrected chi connectivity index (χ0v) is 5.53. The summed E-state index contributed by atoms with van der Waals surface area (Å²) in [6.45, 7) is 0. The number of hydrogen-bond donors (Lipinski definition) is 2. The van der Waals surface area contributed by atoms with Gasteiger partial charge in [0.2, 0.25) is 0 Å². The van der Waals surface area contributed by atoms with Crippen LogP contribution in [-0.4, -0.2) is 16.4 Å². The van der Waals surface area contributed by atoms with Crippen molar-refractivity contribution in [3.8, 4) is 0 Å². The van der Waals surface area contributed by atoms with E-state index >= 15 is 0 Å². The Morgan fingerprint density at radius 1 is 1.43 bits per heavy atom. The van der Waals surface area contributed by atoms with E-state index in [0.717, 1.165) is 0 Å². The molecule has 0 aromatic carbocycles. The zero-order chi connectivity index (χ0) is 6.28. The maximum atomic E-state index is 8.56. The van der Waals surface area contributed by atoms with Crippen LogP contribution in [0.4, 0.5) is 4.79 Å². The third kappa shape index (κ3) is 891. The molecule has 0 aliphatic heterocycles. The van der Waals surface area contributed by atoms with Crippen LogP contribution < -0.4 is 0 Å². The fourth-order valence-electron chi connectivity index (χ4n) is 0. The summed E-state index contributed by atoms with van der Waals surface area (Å²) in [6, 6.07) is 0. The Balaban J connectivity index is 0. The average molecular weight is 189 g/mol. The maximum absolute atomic E-state index is 8.56. The first kappa shape index (κ1) is 10.4. The van der Waals surface area contributed by atoms with E-state index in [1.165, 1.54) is 0 Å².